The molecular weight excluding hydrogens is 350 g/mol. The number of amides is 1. The third-order valence-corrected chi connectivity index (χ3v) is 4.74. The van der Waals surface area contributed by atoms with Gasteiger partial charge < -0.3 is 15.1 Å². The monoisotopic (exact) mass is 379 g/mol. The number of hydrogen-bond donors (Lipinski definition) is 1. The smallest absolute Gasteiger partial charge is 0.219 e. The van der Waals surface area contributed by atoms with Gasteiger partial charge in [0, 0.05) is 64.8 Å². The molecule has 1 aliphatic heterocycles. The molecule has 7 heteroatoms. The predicted octanol–water partition coefficient (Wildman–Crippen LogP) is 1.90. The number of aliphatic imine (C=N–C) groups is 1. The number of carbonyl (C=O) groups excluding carboxylic acids is 1. The number of nitrogens with one attached hydrogen (secondary N) is 1. The SMILES string of the molecule is CCNC(=NCCN1CCN(C(C)=O)CC1)N(C)Cc1cccc(Cl)c1. The highest BCUT2D eigenvalue weighted by Crippen LogP contribution is 2.12. The Balaban J connectivity index is 1.85. The zero-order chi connectivity index (χ0) is 18.9. The van der Waals surface area contributed by atoms with Gasteiger partial charge in [-0.05, 0) is 24.6 Å². The number of nitrogens with zero attached hydrogens (tertiary/aromatic N) is 4. The quantitative estimate of drug-likeness (QED) is 0.606. The largest absolute Gasteiger partial charge is 0.357 e. The molecule has 1 saturated heterocycles. The normalized spacial score (nSPS) is 15.8. The lowest BCUT2D eigenvalue weighted by Crippen LogP contribution is -2.48. The third-order valence-electron chi connectivity index (χ3n) is 4.50. The van der Waals surface area contributed by atoms with Gasteiger partial charge in [-0.25, -0.2) is 0 Å². The first-order valence-electron chi connectivity index (χ1n) is 9.21. The van der Waals surface area contributed by atoms with Gasteiger partial charge in [0.15, 0.2) is 5.96 Å². The third kappa shape index (κ3) is 6.50. The molecule has 0 radical (unpaired) electrons. The molecule has 1 heterocycles. The molecule has 6 nitrogen and oxygen atoms in total. The molecule has 1 aliphatic rings. The summed E-state index contributed by atoms with van der Waals surface area (Å²) in [5, 5.41) is 4.10. The number of hydrogen-bond acceptors (Lipinski definition) is 3. The van der Waals surface area contributed by atoms with Crippen LogP contribution in [0.3, 0.4) is 0 Å². The number of carbonyl (C=O) groups is 1. The van der Waals surface area contributed by atoms with Crippen molar-refractivity contribution in [2.45, 2.75) is 20.4 Å². The first-order valence-corrected chi connectivity index (χ1v) is 9.59. The molecule has 0 spiro atoms. The van der Waals surface area contributed by atoms with Crippen LogP contribution in [-0.2, 0) is 11.3 Å². The summed E-state index contributed by atoms with van der Waals surface area (Å²) < 4.78 is 0. The molecule has 1 aromatic carbocycles. The van der Waals surface area contributed by atoms with Crippen LogP contribution in [0.2, 0.25) is 5.02 Å². The molecule has 1 aromatic rings. The summed E-state index contributed by atoms with van der Waals surface area (Å²) in [7, 11) is 2.04. The van der Waals surface area contributed by atoms with Crippen molar-refractivity contribution >= 4 is 23.5 Å². The van der Waals surface area contributed by atoms with Crippen molar-refractivity contribution in [2.24, 2.45) is 4.99 Å². The van der Waals surface area contributed by atoms with Crippen LogP contribution in [-0.4, -0.2) is 79.4 Å². The van der Waals surface area contributed by atoms with Crippen molar-refractivity contribution in [3.05, 3.63) is 34.9 Å². The topological polar surface area (TPSA) is 51.2 Å². The highest BCUT2D eigenvalue weighted by molar-refractivity contribution is 6.30. The van der Waals surface area contributed by atoms with Crippen LogP contribution in [0.1, 0.15) is 19.4 Å². The summed E-state index contributed by atoms with van der Waals surface area (Å²) in [6.45, 7) is 10.4. The summed E-state index contributed by atoms with van der Waals surface area (Å²) >= 11 is 6.07. The molecule has 0 aliphatic carbocycles. The first kappa shape index (κ1) is 20.5. The van der Waals surface area contributed by atoms with Crippen molar-refractivity contribution in [2.75, 3.05) is 52.9 Å². The Morgan fingerprint density at radius 3 is 2.65 bits per heavy atom. The molecule has 1 fully saturated rings. The van der Waals surface area contributed by atoms with E-state index >= 15 is 0 Å². The molecule has 1 N–H and O–H groups in total. The second kappa shape index (κ2) is 10.4. The van der Waals surface area contributed by atoms with E-state index in [-0.39, 0.29) is 5.91 Å². The maximum atomic E-state index is 11.4. The fraction of sp³-hybridized carbons (Fsp3) is 0.579. The van der Waals surface area contributed by atoms with E-state index in [2.05, 4.69) is 28.1 Å². The Bertz CT molecular complexity index is 614. The van der Waals surface area contributed by atoms with Crippen molar-refractivity contribution in [3.8, 4) is 0 Å². The summed E-state index contributed by atoms with van der Waals surface area (Å²) in [5.74, 6) is 1.06. The molecule has 2 rings (SSSR count). The minimum absolute atomic E-state index is 0.166. The molecule has 0 aromatic heterocycles. The van der Waals surface area contributed by atoms with Gasteiger partial charge in [-0.2, -0.15) is 0 Å². The second-order valence-corrected chi connectivity index (χ2v) is 7.01. The number of halogens is 1. The molecular formula is C19H30ClN5O. The summed E-state index contributed by atoms with van der Waals surface area (Å²) in [5.41, 5.74) is 1.16. The van der Waals surface area contributed by atoms with E-state index in [4.69, 9.17) is 16.6 Å². The Morgan fingerprint density at radius 1 is 1.31 bits per heavy atom. The number of benzene rings is 1. The number of guanidine groups is 1. The van der Waals surface area contributed by atoms with Gasteiger partial charge in [-0.3, -0.25) is 14.7 Å². The molecule has 1 amide bonds. The zero-order valence-corrected chi connectivity index (χ0v) is 16.8. The van der Waals surface area contributed by atoms with Crippen molar-refractivity contribution < 1.29 is 4.79 Å². The predicted molar refractivity (Wildman–Crippen MR) is 108 cm³/mol. The Morgan fingerprint density at radius 2 is 2.04 bits per heavy atom. The van der Waals surface area contributed by atoms with Gasteiger partial charge in [0.25, 0.3) is 0 Å². The van der Waals surface area contributed by atoms with Gasteiger partial charge >= 0.3 is 0 Å². The summed E-state index contributed by atoms with van der Waals surface area (Å²) in [4.78, 5) is 22.5. The lowest BCUT2D eigenvalue weighted by atomic mass is 10.2. The summed E-state index contributed by atoms with van der Waals surface area (Å²) in [6.07, 6.45) is 0. The van der Waals surface area contributed by atoms with Gasteiger partial charge in [-0.1, -0.05) is 23.7 Å². The van der Waals surface area contributed by atoms with Crippen molar-refractivity contribution in [1.82, 2.24) is 20.0 Å². The van der Waals surface area contributed by atoms with Crippen LogP contribution in [0.5, 0.6) is 0 Å². The summed E-state index contributed by atoms with van der Waals surface area (Å²) in [6, 6.07) is 7.91. The van der Waals surface area contributed by atoms with Crippen LogP contribution >= 0.6 is 11.6 Å². The van der Waals surface area contributed by atoms with E-state index in [1.807, 2.05) is 30.1 Å². The average Bonchev–Trinajstić information content (AvgIpc) is 2.61. The second-order valence-electron chi connectivity index (χ2n) is 6.57. The van der Waals surface area contributed by atoms with E-state index in [1.54, 1.807) is 6.92 Å². The van der Waals surface area contributed by atoms with Crippen molar-refractivity contribution in [1.29, 1.82) is 0 Å². The molecule has 26 heavy (non-hydrogen) atoms. The molecule has 0 saturated carbocycles. The van der Waals surface area contributed by atoms with Gasteiger partial charge in [-0.15, -0.1) is 0 Å². The fourth-order valence-corrected chi connectivity index (χ4v) is 3.25. The molecule has 144 valence electrons. The minimum atomic E-state index is 0.166. The lowest BCUT2D eigenvalue weighted by molar-refractivity contribution is -0.130. The molecule has 0 atom stereocenters. The molecule has 0 bridgehead atoms. The molecule has 0 unspecified atom stereocenters. The highest BCUT2D eigenvalue weighted by Gasteiger charge is 2.18. The number of rotatable bonds is 6. The van der Waals surface area contributed by atoms with E-state index in [0.717, 1.165) is 68.9 Å². The minimum Gasteiger partial charge on any atom is -0.357 e. The zero-order valence-electron chi connectivity index (χ0n) is 16.0. The Hall–Kier alpha value is -1.79. The van der Waals surface area contributed by atoms with Crippen LogP contribution in [0, 0.1) is 0 Å². The lowest BCUT2D eigenvalue weighted by Gasteiger charge is -2.33. The van der Waals surface area contributed by atoms with Gasteiger partial charge in [0.05, 0.1) is 6.54 Å². The van der Waals surface area contributed by atoms with E-state index in [9.17, 15) is 4.79 Å². The van der Waals surface area contributed by atoms with Crippen LogP contribution in [0.25, 0.3) is 0 Å². The van der Waals surface area contributed by atoms with Crippen LogP contribution < -0.4 is 5.32 Å². The van der Waals surface area contributed by atoms with E-state index in [1.165, 1.54) is 0 Å². The Labute approximate surface area is 161 Å². The van der Waals surface area contributed by atoms with Gasteiger partial charge in [0.1, 0.15) is 0 Å². The first-order chi connectivity index (χ1) is 12.5. The maximum Gasteiger partial charge on any atom is 0.219 e. The van der Waals surface area contributed by atoms with E-state index in [0.29, 0.717) is 0 Å². The fourth-order valence-electron chi connectivity index (χ4n) is 3.04. The maximum absolute atomic E-state index is 11.4. The van der Waals surface area contributed by atoms with Gasteiger partial charge in [0.2, 0.25) is 5.91 Å². The Kier molecular flexibility index (Phi) is 8.19. The number of piperazine rings is 1. The average molecular weight is 380 g/mol. The van der Waals surface area contributed by atoms with Crippen molar-refractivity contribution in [3.63, 3.8) is 0 Å². The van der Waals surface area contributed by atoms with Crippen LogP contribution in [0.4, 0.5) is 0 Å². The van der Waals surface area contributed by atoms with Crippen LogP contribution in [0.15, 0.2) is 29.3 Å². The van der Waals surface area contributed by atoms with E-state index < -0.39 is 0 Å². The standard InChI is InChI=1S/C19H30ClN5O/c1-4-21-19(23(3)15-17-6-5-7-18(20)14-17)22-8-9-24-10-12-25(13-11-24)16(2)26/h5-7,14H,4,8-13,15H2,1-3H3,(H,21,22). The highest BCUT2D eigenvalue weighted by atomic mass is 35.5.